The third-order valence-electron chi connectivity index (χ3n) is 5.59. The zero-order valence-corrected chi connectivity index (χ0v) is 18.5. The maximum atomic E-state index is 12.8. The molecule has 170 valence electrons. The fraction of sp³-hybridized carbons (Fsp3) is 0.318. The minimum absolute atomic E-state index is 0.0276. The van der Waals surface area contributed by atoms with E-state index in [2.05, 4.69) is 20.6 Å². The first-order valence-corrected chi connectivity index (χ1v) is 11.3. The maximum absolute atomic E-state index is 12.8. The van der Waals surface area contributed by atoms with E-state index in [1.54, 1.807) is 25.1 Å². The van der Waals surface area contributed by atoms with Crippen molar-refractivity contribution < 1.29 is 23.9 Å². The van der Waals surface area contributed by atoms with Gasteiger partial charge in [0.1, 0.15) is 10.6 Å². The Hall–Kier alpha value is -3.73. The number of anilines is 1. The van der Waals surface area contributed by atoms with Crippen LogP contribution < -0.4 is 20.9 Å². The van der Waals surface area contributed by atoms with E-state index >= 15 is 0 Å². The molecule has 0 bridgehead atoms. The first-order chi connectivity index (χ1) is 15.9. The molecule has 3 N–H and O–H groups in total. The van der Waals surface area contributed by atoms with Crippen molar-refractivity contribution in [2.24, 2.45) is 5.92 Å². The van der Waals surface area contributed by atoms with E-state index in [9.17, 15) is 19.2 Å². The Morgan fingerprint density at radius 1 is 1.30 bits per heavy atom. The third kappa shape index (κ3) is 3.95. The van der Waals surface area contributed by atoms with Crippen LogP contribution in [-0.2, 0) is 33.7 Å². The Morgan fingerprint density at radius 3 is 2.97 bits per heavy atom. The zero-order valence-electron chi connectivity index (χ0n) is 17.6. The van der Waals surface area contributed by atoms with Crippen LogP contribution in [0.3, 0.4) is 0 Å². The van der Waals surface area contributed by atoms with Crippen LogP contribution in [0.25, 0.3) is 10.2 Å². The lowest BCUT2D eigenvalue weighted by atomic mass is 10.1. The summed E-state index contributed by atoms with van der Waals surface area (Å²) >= 11 is 1.33. The molecule has 5 rings (SSSR count). The first-order valence-electron chi connectivity index (χ1n) is 10.5. The van der Waals surface area contributed by atoms with E-state index in [-0.39, 0.29) is 36.8 Å². The van der Waals surface area contributed by atoms with Gasteiger partial charge in [-0.2, -0.15) is 0 Å². The van der Waals surface area contributed by atoms with Gasteiger partial charge in [0.05, 0.1) is 23.6 Å². The molecule has 0 saturated heterocycles. The number of fused-ring (bicyclic) bond motifs is 4. The van der Waals surface area contributed by atoms with Gasteiger partial charge in [-0.25, -0.2) is 4.98 Å². The molecule has 3 aromatic rings. The van der Waals surface area contributed by atoms with Crippen LogP contribution >= 0.6 is 11.3 Å². The van der Waals surface area contributed by atoms with Gasteiger partial charge < -0.3 is 25.1 Å². The number of nitrogens with one attached hydrogen (secondary N) is 3. The van der Waals surface area contributed by atoms with E-state index in [0.29, 0.717) is 41.1 Å². The minimum atomic E-state index is -0.523. The van der Waals surface area contributed by atoms with Crippen LogP contribution in [0, 0.1) is 5.92 Å². The molecule has 2 amide bonds. The number of ether oxygens (including phenoxy) is 2. The average molecular weight is 468 g/mol. The summed E-state index contributed by atoms with van der Waals surface area (Å²) in [7, 11) is 0. The van der Waals surface area contributed by atoms with Crippen molar-refractivity contribution >= 4 is 45.0 Å². The molecule has 1 aliphatic heterocycles. The Morgan fingerprint density at radius 2 is 2.15 bits per heavy atom. The molecule has 2 aromatic heterocycles. The number of thiophene rings is 1. The largest absolute Gasteiger partial charge is 0.482 e. The highest BCUT2D eigenvalue weighted by Gasteiger charge is 2.33. The first kappa shape index (κ1) is 21.1. The topological polar surface area (TPSA) is 139 Å². The molecule has 1 aromatic carbocycles. The van der Waals surface area contributed by atoms with Crippen molar-refractivity contribution in [2.45, 2.75) is 26.3 Å². The molecule has 3 heterocycles. The molecule has 0 fully saturated rings. The van der Waals surface area contributed by atoms with Gasteiger partial charge in [-0.15, -0.1) is 11.3 Å². The highest BCUT2D eigenvalue weighted by molar-refractivity contribution is 7.18. The van der Waals surface area contributed by atoms with Crippen molar-refractivity contribution in [3.8, 4) is 5.75 Å². The second kappa shape index (κ2) is 8.32. The van der Waals surface area contributed by atoms with E-state index in [4.69, 9.17) is 9.47 Å². The van der Waals surface area contributed by atoms with E-state index in [1.165, 1.54) is 11.3 Å². The summed E-state index contributed by atoms with van der Waals surface area (Å²) < 4.78 is 10.4. The van der Waals surface area contributed by atoms with Gasteiger partial charge in [0.25, 0.3) is 17.4 Å². The summed E-state index contributed by atoms with van der Waals surface area (Å²) in [5.74, 6) is -0.825. The standard InChI is InChI=1S/C22H20N4O6S/c1-2-31-22(30)11-6-12-15(7-11)33-21-17(12)19(28)25-18(26-21)20(29)23-8-10-3-4-14-13(5-10)24-16(27)9-32-14/h3-5,11H,2,6-9H2,1H3,(H,23,29)(H,24,27)(H,25,26,28). The lowest BCUT2D eigenvalue weighted by molar-refractivity contribution is -0.147. The zero-order chi connectivity index (χ0) is 23.1. The molecule has 11 heteroatoms. The van der Waals surface area contributed by atoms with Crippen molar-refractivity contribution in [3.05, 3.63) is 50.4 Å². The highest BCUT2D eigenvalue weighted by atomic mass is 32.1. The van der Waals surface area contributed by atoms with Crippen LogP contribution in [0.4, 0.5) is 5.69 Å². The summed E-state index contributed by atoms with van der Waals surface area (Å²) in [5, 5.41) is 5.88. The van der Waals surface area contributed by atoms with Crippen LogP contribution in [0.5, 0.6) is 5.75 Å². The molecule has 2 aliphatic rings. The second-order valence-electron chi connectivity index (χ2n) is 7.81. The fourth-order valence-corrected chi connectivity index (χ4v) is 5.36. The molecule has 10 nitrogen and oxygen atoms in total. The van der Waals surface area contributed by atoms with Gasteiger partial charge in [-0.3, -0.25) is 19.2 Å². The van der Waals surface area contributed by atoms with E-state index in [1.807, 2.05) is 0 Å². The molecule has 0 radical (unpaired) electrons. The molecule has 0 saturated carbocycles. The van der Waals surface area contributed by atoms with Gasteiger partial charge in [-0.1, -0.05) is 6.07 Å². The number of esters is 1. The second-order valence-corrected chi connectivity index (χ2v) is 8.89. The number of hydrogen-bond donors (Lipinski definition) is 3. The molecule has 1 unspecified atom stereocenters. The lowest BCUT2D eigenvalue weighted by Crippen LogP contribution is -2.28. The summed E-state index contributed by atoms with van der Waals surface area (Å²) in [6.45, 7) is 2.22. The number of hydrogen-bond acceptors (Lipinski definition) is 8. The monoisotopic (exact) mass is 468 g/mol. The molecule has 33 heavy (non-hydrogen) atoms. The maximum Gasteiger partial charge on any atom is 0.309 e. The number of carbonyl (C=O) groups excluding carboxylic acids is 3. The van der Waals surface area contributed by atoms with Crippen molar-refractivity contribution in [3.63, 3.8) is 0 Å². The van der Waals surface area contributed by atoms with Crippen LogP contribution in [0.15, 0.2) is 23.0 Å². The normalized spacial score (nSPS) is 16.5. The lowest BCUT2D eigenvalue weighted by Gasteiger charge is -2.18. The van der Waals surface area contributed by atoms with Crippen LogP contribution in [-0.4, -0.2) is 41.0 Å². The highest BCUT2D eigenvalue weighted by Crippen LogP contribution is 2.37. The Balaban J connectivity index is 1.31. The summed E-state index contributed by atoms with van der Waals surface area (Å²) in [5.41, 5.74) is 1.70. The van der Waals surface area contributed by atoms with Gasteiger partial charge in [0, 0.05) is 11.4 Å². The van der Waals surface area contributed by atoms with Gasteiger partial charge in [0.15, 0.2) is 6.61 Å². The average Bonchev–Trinajstić information content (AvgIpc) is 3.35. The number of carbonyl (C=O) groups is 3. The molecule has 1 aliphatic carbocycles. The number of benzene rings is 1. The molecule has 0 spiro atoms. The van der Waals surface area contributed by atoms with Gasteiger partial charge >= 0.3 is 5.97 Å². The summed E-state index contributed by atoms with van der Waals surface area (Å²) in [6, 6.07) is 5.22. The van der Waals surface area contributed by atoms with Gasteiger partial charge in [-0.05, 0) is 43.0 Å². The Bertz CT molecular complexity index is 1360. The predicted octanol–water partition coefficient (Wildman–Crippen LogP) is 1.52. The number of amides is 2. The van der Waals surface area contributed by atoms with Gasteiger partial charge in [0.2, 0.25) is 5.82 Å². The van der Waals surface area contributed by atoms with E-state index in [0.717, 1.165) is 16.0 Å². The van der Waals surface area contributed by atoms with Crippen molar-refractivity contribution in [1.29, 1.82) is 0 Å². The van der Waals surface area contributed by atoms with Crippen LogP contribution in [0.2, 0.25) is 0 Å². The smallest absolute Gasteiger partial charge is 0.309 e. The number of rotatable bonds is 5. The Kier molecular flexibility index (Phi) is 5.33. The van der Waals surface area contributed by atoms with Crippen molar-refractivity contribution in [1.82, 2.24) is 15.3 Å². The minimum Gasteiger partial charge on any atom is -0.482 e. The third-order valence-corrected chi connectivity index (χ3v) is 6.74. The van der Waals surface area contributed by atoms with Crippen LogP contribution in [0.1, 0.15) is 33.5 Å². The Labute approximate surface area is 191 Å². The number of aromatic amines is 1. The van der Waals surface area contributed by atoms with Crippen molar-refractivity contribution in [2.75, 3.05) is 18.5 Å². The molecule has 1 atom stereocenters. The number of nitrogens with zero attached hydrogens (tertiary/aromatic N) is 1. The summed E-state index contributed by atoms with van der Waals surface area (Å²) in [6.07, 6.45) is 0.942. The fourth-order valence-electron chi connectivity index (χ4n) is 4.07. The molecular formula is C22H20N4O6S. The number of H-pyrrole nitrogens is 1. The summed E-state index contributed by atoms with van der Waals surface area (Å²) in [4.78, 5) is 57.3. The van der Waals surface area contributed by atoms with E-state index < -0.39 is 11.5 Å². The molecular weight excluding hydrogens is 448 g/mol. The predicted molar refractivity (Wildman–Crippen MR) is 120 cm³/mol. The quantitative estimate of drug-likeness (QED) is 0.483. The SMILES string of the molecule is CCOC(=O)C1Cc2sc3nc(C(=O)NCc4ccc5c(c4)NC(=O)CO5)[nH]c(=O)c3c2C1. The number of aromatic nitrogens is 2.